The third-order valence-electron chi connectivity index (χ3n) is 4.47. The summed E-state index contributed by atoms with van der Waals surface area (Å²) in [5.41, 5.74) is 9.60. The number of nitrogen functional groups attached to an aromatic ring is 1. The van der Waals surface area contributed by atoms with Crippen molar-refractivity contribution in [2.45, 2.75) is 44.9 Å². The van der Waals surface area contributed by atoms with E-state index in [0.29, 0.717) is 5.92 Å². The van der Waals surface area contributed by atoms with Crippen molar-refractivity contribution in [2.24, 2.45) is 7.05 Å². The van der Waals surface area contributed by atoms with Gasteiger partial charge in [0.1, 0.15) is 17.3 Å². The summed E-state index contributed by atoms with van der Waals surface area (Å²) < 4.78 is 2.09. The lowest BCUT2D eigenvalue weighted by Gasteiger charge is -2.21. The molecule has 20 heavy (non-hydrogen) atoms. The number of aryl methyl sites for hydroxylation is 1. The topological polar surface area (TPSA) is 43.8 Å². The predicted octanol–water partition coefficient (Wildman–Crippen LogP) is 4.03. The fourth-order valence-corrected chi connectivity index (χ4v) is 3.18. The minimum atomic E-state index is 0.579. The Bertz CT molecular complexity index is 589. The summed E-state index contributed by atoms with van der Waals surface area (Å²) in [5.74, 6) is 2.53. The van der Waals surface area contributed by atoms with Gasteiger partial charge in [-0.15, -0.1) is 0 Å². The Labute approximate surface area is 120 Å². The quantitative estimate of drug-likeness (QED) is 0.894. The number of benzene rings is 1. The molecule has 1 heterocycles. The van der Waals surface area contributed by atoms with Crippen LogP contribution in [-0.4, -0.2) is 9.55 Å². The number of anilines is 1. The van der Waals surface area contributed by atoms with E-state index in [0.717, 1.165) is 22.9 Å². The average Bonchev–Trinajstić information content (AvgIpc) is 2.77. The lowest BCUT2D eigenvalue weighted by Crippen LogP contribution is -2.11. The summed E-state index contributed by atoms with van der Waals surface area (Å²) in [6.07, 6.45) is 6.49. The molecule has 0 atom stereocenters. The molecule has 1 fully saturated rings. The first kappa shape index (κ1) is 13.2. The van der Waals surface area contributed by atoms with Crippen LogP contribution in [0.4, 0.5) is 5.82 Å². The lowest BCUT2D eigenvalue weighted by molar-refractivity contribution is 0.422. The molecule has 1 aliphatic rings. The maximum atomic E-state index is 6.28. The van der Waals surface area contributed by atoms with Crippen LogP contribution in [0.2, 0.25) is 0 Å². The highest BCUT2D eigenvalue weighted by Gasteiger charge is 2.23. The summed E-state index contributed by atoms with van der Waals surface area (Å²) in [5, 5.41) is 0. The fourth-order valence-electron chi connectivity index (χ4n) is 3.18. The molecule has 0 amide bonds. The maximum absolute atomic E-state index is 6.28. The number of nitrogens with two attached hydrogens (primary N) is 1. The van der Waals surface area contributed by atoms with Crippen molar-refractivity contribution in [1.82, 2.24) is 9.55 Å². The monoisotopic (exact) mass is 269 g/mol. The Morgan fingerprint density at radius 2 is 1.75 bits per heavy atom. The molecule has 1 aliphatic carbocycles. The largest absolute Gasteiger partial charge is 0.383 e. The molecule has 0 unspecified atom stereocenters. The van der Waals surface area contributed by atoms with E-state index in [4.69, 9.17) is 10.7 Å². The Morgan fingerprint density at radius 1 is 1.10 bits per heavy atom. The zero-order valence-corrected chi connectivity index (χ0v) is 12.4. The van der Waals surface area contributed by atoms with Gasteiger partial charge in [0, 0.05) is 18.5 Å². The summed E-state index contributed by atoms with van der Waals surface area (Å²) in [4.78, 5) is 4.87. The number of nitrogens with zero attached hydrogens (tertiary/aromatic N) is 2. The first-order valence-electron chi connectivity index (χ1n) is 7.56. The standard InChI is InChI=1S/C17H23N3/c1-12-8-10-13(11-9-12)15-16(18)20(2)17(19-15)14-6-4-3-5-7-14/h8-11,14H,3-7,18H2,1-2H3. The molecular formula is C17H23N3. The van der Waals surface area contributed by atoms with Gasteiger partial charge in [-0.25, -0.2) is 4.98 Å². The molecule has 1 aromatic heterocycles. The molecule has 0 aliphatic heterocycles. The molecule has 0 spiro atoms. The van der Waals surface area contributed by atoms with Crippen LogP contribution in [-0.2, 0) is 7.05 Å². The van der Waals surface area contributed by atoms with Crippen LogP contribution in [0.15, 0.2) is 24.3 Å². The van der Waals surface area contributed by atoms with E-state index in [1.165, 1.54) is 37.7 Å². The van der Waals surface area contributed by atoms with Gasteiger partial charge in [-0.05, 0) is 19.8 Å². The van der Waals surface area contributed by atoms with Gasteiger partial charge in [-0.3, -0.25) is 0 Å². The van der Waals surface area contributed by atoms with Crippen LogP contribution in [0.1, 0.15) is 49.4 Å². The molecule has 2 N–H and O–H groups in total. The smallest absolute Gasteiger partial charge is 0.131 e. The van der Waals surface area contributed by atoms with E-state index in [2.05, 4.69) is 35.8 Å². The van der Waals surface area contributed by atoms with Crippen LogP contribution in [0.5, 0.6) is 0 Å². The number of imidazole rings is 1. The lowest BCUT2D eigenvalue weighted by atomic mass is 9.89. The van der Waals surface area contributed by atoms with Crippen LogP contribution >= 0.6 is 0 Å². The van der Waals surface area contributed by atoms with E-state index in [1.54, 1.807) is 0 Å². The SMILES string of the molecule is Cc1ccc(-c2nc(C3CCCCC3)n(C)c2N)cc1. The Morgan fingerprint density at radius 3 is 2.40 bits per heavy atom. The molecule has 2 aromatic rings. The highest BCUT2D eigenvalue weighted by molar-refractivity contribution is 5.71. The zero-order valence-electron chi connectivity index (χ0n) is 12.4. The molecule has 1 aromatic carbocycles. The summed E-state index contributed by atoms with van der Waals surface area (Å²) in [6.45, 7) is 2.10. The molecular weight excluding hydrogens is 246 g/mol. The van der Waals surface area contributed by atoms with Crippen LogP contribution in [0.25, 0.3) is 11.3 Å². The van der Waals surface area contributed by atoms with Crippen molar-refractivity contribution < 1.29 is 0 Å². The molecule has 0 bridgehead atoms. The van der Waals surface area contributed by atoms with Crippen molar-refractivity contribution >= 4 is 5.82 Å². The molecule has 3 nitrogen and oxygen atoms in total. The van der Waals surface area contributed by atoms with Gasteiger partial charge in [0.15, 0.2) is 0 Å². The van der Waals surface area contributed by atoms with Crippen molar-refractivity contribution in [3.05, 3.63) is 35.7 Å². The van der Waals surface area contributed by atoms with Crippen LogP contribution in [0, 0.1) is 6.92 Å². The van der Waals surface area contributed by atoms with E-state index < -0.39 is 0 Å². The highest BCUT2D eigenvalue weighted by Crippen LogP contribution is 2.35. The van der Waals surface area contributed by atoms with E-state index in [-0.39, 0.29) is 0 Å². The second kappa shape index (κ2) is 5.31. The van der Waals surface area contributed by atoms with Crippen LogP contribution < -0.4 is 5.73 Å². The van der Waals surface area contributed by atoms with Crippen molar-refractivity contribution in [1.29, 1.82) is 0 Å². The zero-order chi connectivity index (χ0) is 14.1. The third-order valence-corrected chi connectivity index (χ3v) is 4.47. The van der Waals surface area contributed by atoms with Crippen LogP contribution in [0.3, 0.4) is 0 Å². The first-order valence-corrected chi connectivity index (χ1v) is 7.56. The first-order chi connectivity index (χ1) is 9.66. The van der Waals surface area contributed by atoms with Gasteiger partial charge in [0.2, 0.25) is 0 Å². The molecule has 3 heteroatoms. The maximum Gasteiger partial charge on any atom is 0.131 e. The van der Waals surface area contributed by atoms with Crippen molar-refractivity contribution in [3.63, 3.8) is 0 Å². The number of aromatic nitrogens is 2. The van der Waals surface area contributed by atoms with Gasteiger partial charge in [-0.2, -0.15) is 0 Å². The average molecular weight is 269 g/mol. The van der Waals surface area contributed by atoms with E-state index in [9.17, 15) is 0 Å². The van der Waals surface area contributed by atoms with Gasteiger partial charge in [0.25, 0.3) is 0 Å². The summed E-state index contributed by atoms with van der Waals surface area (Å²) >= 11 is 0. The second-order valence-corrected chi connectivity index (χ2v) is 5.96. The third kappa shape index (κ3) is 2.33. The molecule has 3 rings (SSSR count). The molecule has 0 saturated heterocycles. The van der Waals surface area contributed by atoms with Gasteiger partial charge < -0.3 is 10.3 Å². The minimum absolute atomic E-state index is 0.579. The van der Waals surface area contributed by atoms with E-state index in [1.807, 2.05) is 7.05 Å². The summed E-state index contributed by atoms with van der Waals surface area (Å²) in [7, 11) is 2.05. The Kier molecular flexibility index (Phi) is 3.51. The molecule has 106 valence electrons. The van der Waals surface area contributed by atoms with Gasteiger partial charge >= 0.3 is 0 Å². The van der Waals surface area contributed by atoms with E-state index >= 15 is 0 Å². The normalized spacial score (nSPS) is 16.5. The predicted molar refractivity (Wildman–Crippen MR) is 83.6 cm³/mol. The highest BCUT2D eigenvalue weighted by atomic mass is 15.1. The van der Waals surface area contributed by atoms with Crippen molar-refractivity contribution in [2.75, 3.05) is 5.73 Å². The molecule has 1 saturated carbocycles. The number of rotatable bonds is 2. The minimum Gasteiger partial charge on any atom is -0.383 e. The fraction of sp³-hybridized carbons (Fsp3) is 0.471. The van der Waals surface area contributed by atoms with Crippen molar-refractivity contribution in [3.8, 4) is 11.3 Å². The number of hydrogen-bond donors (Lipinski definition) is 1. The Balaban J connectivity index is 1.98. The van der Waals surface area contributed by atoms with Gasteiger partial charge in [-0.1, -0.05) is 49.1 Å². The second-order valence-electron chi connectivity index (χ2n) is 5.96. The molecule has 0 radical (unpaired) electrons. The van der Waals surface area contributed by atoms with Gasteiger partial charge in [0.05, 0.1) is 0 Å². The summed E-state index contributed by atoms with van der Waals surface area (Å²) in [6, 6.07) is 8.45. The number of hydrogen-bond acceptors (Lipinski definition) is 2. The Hall–Kier alpha value is -1.77.